The Balaban J connectivity index is 1.79. The first-order valence-electron chi connectivity index (χ1n) is 7.70. The van der Waals surface area contributed by atoms with E-state index in [4.69, 9.17) is 0 Å². The van der Waals surface area contributed by atoms with Crippen LogP contribution in [0.5, 0.6) is 0 Å². The van der Waals surface area contributed by atoms with Crippen LogP contribution < -0.4 is 5.32 Å². The molecule has 2 heterocycles. The van der Waals surface area contributed by atoms with E-state index in [0.29, 0.717) is 0 Å². The molecule has 1 amide bonds. The number of hydrogen-bond donors (Lipinski definition) is 1. The lowest BCUT2D eigenvalue weighted by molar-refractivity contribution is -0.115. The molecule has 0 fully saturated rings. The maximum absolute atomic E-state index is 12.5. The van der Waals surface area contributed by atoms with Gasteiger partial charge in [0.25, 0.3) is 0 Å². The first-order chi connectivity index (χ1) is 11.5. The van der Waals surface area contributed by atoms with E-state index in [-0.39, 0.29) is 11.2 Å². The van der Waals surface area contributed by atoms with Crippen molar-refractivity contribution in [2.45, 2.75) is 38.0 Å². The van der Waals surface area contributed by atoms with Gasteiger partial charge in [-0.25, -0.2) is 9.97 Å². The number of carbonyl (C=O) groups is 1. The molecular formula is C18H19N3OS2. The summed E-state index contributed by atoms with van der Waals surface area (Å²) in [5, 5.41) is 4.66. The Kier molecular flexibility index (Phi) is 4.87. The molecular weight excluding hydrogens is 338 g/mol. The molecule has 6 heteroatoms. The van der Waals surface area contributed by atoms with Gasteiger partial charge in [-0.2, -0.15) is 0 Å². The first kappa shape index (κ1) is 16.9. The molecule has 0 unspecified atom stereocenters. The SMILES string of the molecule is Cc1cccc(NC(=O)[C@@H](C)Sc2ncnc3sc(C)c(C)c23)c1. The van der Waals surface area contributed by atoms with Crippen molar-refractivity contribution in [3.63, 3.8) is 0 Å². The van der Waals surface area contributed by atoms with Crippen LogP contribution in [0.25, 0.3) is 10.2 Å². The van der Waals surface area contributed by atoms with E-state index in [9.17, 15) is 4.79 Å². The quantitative estimate of drug-likeness (QED) is 0.541. The summed E-state index contributed by atoms with van der Waals surface area (Å²) in [6, 6.07) is 7.81. The van der Waals surface area contributed by atoms with E-state index < -0.39 is 0 Å². The van der Waals surface area contributed by atoms with Crippen molar-refractivity contribution in [2.24, 2.45) is 0 Å². The van der Waals surface area contributed by atoms with E-state index in [1.165, 1.54) is 22.2 Å². The largest absolute Gasteiger partial charge is 0.325 e. The van der Waals surface area contributed by atoms with Crippen LogP contribution in [0, 0.1) is 20.8 Å². The molecule has 0 spiro atoms. The zero-order valence-corrected chi connectivity index (χ0v) is 15.7. The predicted molar refractivity (Wildman–Crippen MR) is 102 cm³/mol. The smallest absolute Gasteiger partial charge is 0.237 e. The molecule has 0 aliphatic carbocycles. The van der Waals surface area contributed by atoms with E-state index in [1.54, 1.807) is 17.7 Å². The summed E-state index contributed by atoms with van der Waals surface area (Å²) in [5.74, 6) is -0.0260. The number of fused-ring (bicyclic) bond motifs is 1. The molecule has 1 N–H and O–H groups in total. The van der Waals surface area contributed by atoms with Crippen molar-refractivity contribution in [3.8, 4) is 0 Å². The summed E-state index contributed by atoms with van der Waals surface area (Å²) >= 11 is 3.14. The third kappa shape index (κ3) is 3.44. The molecule has 1 aromatic carbocycles. The average Bonchev–Trinajstić information content (AvgIpc) is 2.83. The molecule has 2 aromatic heterocycles. The zero-order valence-electron chi connectivity index (χ0n) is 14.1. The fraction of sp³-hybridized carbons (Fsp3) is 0.278. The highest BCUT2D eigenvalue weighted by Crippen LogP contribution is 2.36. The second-order valence-electron chi connectivity index (χ2n) is 5.76. The third-order valence-corrected chi connectivity index (χ3v) is 6.09. The Hall–Kier alpha value is -1.92. The highest BCUT2D eigenvalue weighted by Gasteiger charge is 2.19. The van der Waals surface area contributed by atoms with Gasteiger partial charge in [-0.1, -0.05) is 23.9 Å². The zero-order chi connectivity index (χ0) is 17.3. The minimum Gasteiger partial charge on any atom is -0.325 e. The molecule has 0 bridgehead atoms. The van der Waals surface area contributed by atoms with Crippen molar-refractivity contribution in [1.29, 1.82) is 0 Å². The summed E-state index contributed by atoms with van der Waals surface area (Å²) in [5.41, 5.74) is 3.14. The number of benzene rings is 1. The molecule has 0 saturated heterocycles. The molecule has 0 saturated carbocycles. The normalized spacial score (nSPS) is 12.3. The lowest BCUT2D eigenvalue weighted by atomic mass is 10.2. The standard InChI is InChI=1S/C18H19N3OS2/c1-10-6-5-7-14(8-10)21-16(22)13(4)24-18-15-11(2)12(3)23-17(15)19-9-20-18/h5-9,13H,1-4H3,(H,21,22)/t13-/m1/s1. The van der Waals surface area contributed by atoms with Gasteiger partial charge in [-0.05, 0) is 51.0 Å². The van der Waals surface area contributed by atoms with Crippen molar-refractivity contribution in [2.75, 3.05) is 5.32 Å². The molecule has 0 aliphatic rings. The van der Waals surface area contributed by atoms with Gasteiger partial charge in [0.15, 0.2) is 0 Å². The molecule has 0 aliphatic heterocycles. The van der Waals surface area contributed by atoms with Gasteiger partial charge in [0.1, 0.15) is 16.2 Å². The van der Waals surface area contributed by atoms with Crippen molar-refractivity contribution in [1.82, 2.24) is 9.97 Å². The van der Waals surface area contributed by atoms with Crippen molar-refractivity contribution < 1.29 is 4.79 Å². The van der Waals surface area contributed by atoms with Gasteiger partial charge in [0.05, 0.1) is 5.25 Å². The van der Waals surface area contributed by atoms with Crippen LogP contribution in [-0.2, 0) is 4.79 Å². The number of aromatic nitrogens is 2. The van der Waals surface area contributed by atoms with Crippen LogP contribution in [-0.4, -0.2) is 21.1 Å². The van der Waals surface area contributed by atoms with E-state index in [0.717, 1.165) is 26.5 Å². The van der Waals surface area contributed by atoms with Crippen LogP contribution in [0.1, 0.15) is 22.9 Å². The lowest BCUT2D eigenvalue weighted by Crippen LogP contribution is -2.22. The minimum absolute atomic E-state index is 0.0260. The van der Waals surface area contributed by atoms with Gasteiger partial charge in [-0.15, -0.1) is 11.3 Å². The van der Waals surface area contributed by atoms with Crippen molar-refractivity contribution >= 4 is 44.9 Å². The fourth-order valence-corrected chi connectivity index (χ4v) is 4.47. The van der Waals surface area contributed by atoms with Gasteiger partial charge < -0.3 is 5.32 Å². The van der Waals surface area contributed by atoms with E-state index >= 15 is 0 Å². The van der Waals surface area contributed by atoms with Crippen LogP contribution >= 0.6 is 23.1 Å². The number of hydrogen-bond acceptors (Lipinski definition) is 5. The van der Waals surface area contributed by atoms with Gasteiger partial charge in [0.2, 0.25) is 5.91 Å². The molecule has 124 valence electrons. The summed E-state index contributed by atoms with van der Waals surface area (Å²) in [4.78, 5) is 23.5. The molecule has 3 rings (SSSR count). The van der Waals surface area contributed by atoms with Crippen LogP contribution in [0.2, 0.25) is 0 Å². The highest BCUT2D eigenvalue weighted by molar-refractivity contribution is 8.00. The summed E-state index contributed by atoms with van der Waals surface area (Å²) in [7, 11) is 0. The Morgan fingerprint density at radius 3 is 2.79 bits per heavy atom. The Morgan fingerprint density at radius 1 is 1.25 bits per heavy atom. The van der Waals surface area contributed by atoms with Crippen molar-refractivity contribution in [3.05, 3.63) is 46.6 Å². The number of anilines is 1. The van der Waals surface area contributed by atoms with Crippen LogP contribution in [0.4, 0.5) is 5.69 Å². The molecule has 4 nitrogen and oxygen atoms in total. The summed E-state index contributed by atoms with van der Waals surface area (Å²) in [6.45, 7) is 8.08. The number of rotatable bonds is 4. The van der Waals surface area contributed by atoms with Gasteiger partial charge in [-0.3, -0.25) is 4.79 Å². The number of nitrogens with one attached hydrogen (secondary N) is 1. The maximum atomic E-state index is 12.5. The highest BCUT2D eigenvalue weighted by atomic mass is 32.2. The number of amides is 1. The Labute approximate surface area is 149 Å². The predicted octanol–water partition coefficient (Wildman–Crippen LogP) is 4.74. The van der Waals surface area contributed by atoms with E-state index in [2.05, 4.69) is 29.1 Å². The Bertz CT molecular complexity index is 904. The molecule has 1 atom stereocenters. The second kappa shape index (κ2) is 6.91. The topological polar surface area (TPSA) is 54.9 Å². The Morgan fingerprint density at radius 2 is 2.04 bits per heavy atom. The van der Waals surface area contributed by atoms with E-state index in [1.807, 2.05) is 38.1 Å². The summed E-state index contributed by atoms with van der Waals surface area (Å²) in [6.07, 6.45) is 1.57. The van der Waals surface area contributed by atoms with Crippen LogP contribution in [0.3, 0.4) is 0 Å². The second-order valence-corrected chi connectivity index (χ2v) is 8.29. The molecule has 0 radical (unpaired) electrons. The maximum Gasteiger partial charge on any atom is 0.237 e. The summed E-state index contributed by atoms with van der Waals surface area (Å²) < 4.78 is 0. The van der Waals surface area contributed by atoms with Gasteiger partial charge in [0, 0.05) is 16.0 Å². The monoisotopic (exact) mass is 357 g/mol. The first-order valence-corrected chi connectivity index (χ1v) is 9.40. The van der Waals surface area contributed by atoms with Gasteiger partial charge >= 0.3 is 0 Å². The fourth-order valence-electron chi connectivity index (χ4n) is 2.43. The third-order valence-electron chi connectivity index (χ3n) is 3.87. The number of thiophene rings is 1. The molecule has 3 aromatic rings. The number of thioether (sulfide) groups is 1. The van der Waals surface area contributed by atoms with Crippen LogP contribution in [0.15, 0.2) is 35.6 Å². The number of nitrogens with zero attached hydrogens (tertiary/aromatic N) is 2. The molecule has 24 heavy (non-hydrogen) atoms. The average molecular weight is 358 g/mol. The number of aryl methyl sites for hydroxylation is 3. The lowest BCUT2D eigenvalue weighted by Gasteiger charge is -2.12. The number of carbonyl (C=O) groups excluding carboxylic acids is 1. The minimum atomic E-state index is -0.247.